The van der Waals surface area contributed by atoms with Gasteiger partial charge in [0.15, 0.2) is 0 Å². The summed E-state index contributed by atoms with van der Waals surface area (Å²) in [6.45, 7) is 16.0. The van der Waals surface area contributed by atoms with E-state index in [2.05, 4.69) is 42.8 Å². The van der Waals surface area contributed by atoms with Gasteiger partial charge < -0.3 is 15.0 Å². The zero-order chi connectivity index (χ0) is 16.9. The van der Waals surface area contributed by atoms with Gasteiger partial charge in [0.25, 0.3) is 0 Å². The van der Waals surface area contributed by atoms with E-state index < -0.39 is 0 Å². The minimum atomic E-state index is -0.225. The lowest BCUT2D eigenvalue weighted by molar-refractivity contribution is -0.137. The lowest BCUT2D eigenvalue weighted by atomic mass is 9.76. The standard InChI is InChI=1S/C18H35N3O2/c1-15(2)13-19-17(22)18(14-20-9-11-23-12-10-20)5-7-21(8-6-18)16(3)4/h15-16H,5-14H2,1-4H3,(H,19,22). The van der Waals surface area contributed by atoms with Crippen molar-refractivity contribution in [1.29, 1.82) is 0 Å². The Hall–Kier alpha value is -0.650. The molecule has 0 radical (unpaired) electrons. The second-order valence-electron chi connectivity index (χ2n) is 7.90. The van der Waals surface area contributed by atoms with Gasteiger partial charge in [-0.1, -0.05) is 13.8 Å². The van der Waals surface area contributed by atoms with Crippen LogP contribution in [0.4, 0.5) is 0 Å². The van der Waals surface area contributed by atoms with Crippen LogP contribution in [0, 0.1) is 11.3 Å². The average molecular weight is 325 g/mol. The number of ether oxygens (including phenoxy) is 1. The van der Waals surface area contributed by atoms with Crippen LogP contribution in [-0.2, 0) is 9.53 Å². The first-order chi connectivity index (χ1) is 10.9. The van der Waals surface area contributed by atoms with E-state index in [0.717, 1.165) is 65.3 Å². The molecule has 0 spiro atoms. The van der Waals surface area contributed by atoms with Crippen LogP contribution < -0.4 is 5.32 Å². The molecule has 2 saturated heterocycles. The lowest BCUT2D eigenvalue weighted by Crippen LogP contribution is -2.56. The van der Waals surface area contributed by atoms with Crippen molar-refractivity contribution in [3.8, 4) is 0 Å². The third-order valence-electron chi connectivity index (χ3n) is 5.27. The van der Waals surface area contributed by atoms with E-state index >= 15 is 0 Å². The van der Waals surface area contributed by atoms with Gasteiger partial charge in [-0.05, 0) is 45.7 Å². The first-order valence-corrected chi connectivity index (χ1v) is 9.25. The van der Waals surface area contributed by atoms with E-state index in [4.69, 9.17) is 4.74 Å². The summed E-state index contributed by atoms with van der Waals surface area (Å²) in [5.41, 5.74) is -0.225. The fraction of sp³-hybridized carbons (Fsp3) is 0.944. The monoisotopic (exact) mass is 325 g/mol. The van der Waals surface area contributed by atoms with E-state index in [1.807, 2.05) is 0 Å². The zero-order valence-corrected chi connectivity index (χ0v) is 15.4. The zero-order valence-electron chi connectivity index (χ0n) is 15.4. The molecule has 0 aromatic carbocycles. The van der Waals surface area contributed by atoms with Crippen molar-refractivity contribution in [2.75, 3.05) is 52.5 Å². The van der Waals surface area contributed by atoms with Crippen molar-refractivity contribution in [1.82, 2.24) is 15.1 Å². The number of hydrogen-bond donors (Lipinski definition) is 1. The van der Waals surface area contributed by atoms with Gasteiger partial charge in [-0.2, -0.15) is 0 Å². The van der Waals surface area contributed by atoms with Crippen molar-refractivity contribution in [3.63, 3.8) is 0 Å². The number of likely N-dealkylation sites (tertiary alicyclic amines) is 1. The number of morpholine rings is 1. The van der Waals surface area contributed by atoms with Crippen LogP contribution in [0.3, 0.4) is 0 Å². The summed E-state index contributed by atoms with van der Waals surface area (Å²) in [5.74, 6) is 0.760. The van der Waals surface area contributed by atoms with E-state index in [1.54, 1.807) is 0 Å². The summed E-state index contributed by atoms with van der Waals surface area (Å²) < 4.78 is 5.46. The Bertz CT molecular complexity index is 370. The average Bonchev–Trinajstić information content (AvgIpc) is 2.54. The molecule has 5 nitrogen and oxygen atoms in total. The van der Waals surface area contributed by atoms with Crippen LogP contribution in [0.25, 0.3) is 0 Å². The van der Waals surface area contributed by atoms with E-state index in [1.165, 1.54) is 0 Å². The molecule has 0 aliphatic carbocycles. The highest BCUT2D eigenvalue weighted by molar-refractivity contribution is 5.83. The third-order valence-corrected chi connectivity index (χ3v) is 5.27. The second-order valence-corrected chi connectivity index (χ2v) is 7.90. The van der Waals surface area contributed by atoms with Gasteiger partial charge in [0.05, 0.1) is 18.6 Å². The number of piperidine rings is 1. The van der Waals surface area contributed by atoms with Gasteiger partial charge in [-0.25, -0.2) is 0 Å². The molecule has 5 heteroatoms. The molecule has 2 aliphatic heterocycles. The van der Waals surface area contributed by atoms with Gasteiger partial charge in [-0.15, -0.1) is 0 Å². The van der Waals surface area contributed by atoms with Gasteiger partial charge in [0.1, 0.15) is 0 Å². The maximum absolute atomic E-state index is 13.0. The van der Waals surface area contributed by atoms with Crippen molar-refractivity contribution >= 4 is 5.91 Å². The van der Waals surface area contributed by atoms with Crippen molar-refractivity contribution in [2.45, 2.75) is 46.6 Å². The molecule has 0 aromatic heterocycles. The smallest absolute Gasteiger partial charge is 0.227 e. The quantitative estimate of drug-likeness (QED) is 0.805. The van der Waals surface area contributed by atoms with Gasteiger partial charge in [-0.3, -0.25) is 9.69 Å². The van der Waals surface area contributed by atoms with Crippen molar-refractivity contribution in [2.24, 2.45) is 11.3 Å². The van der Waals surface area contributed by atoms with Crippen LogP contribution in [0.2, 0.25) is 0 Å². The fourth-order valence-corrected chi connectivity index (χ4v) is 3.60. The predicted octanol–water partition coefficient (Wildman–Crippen LogP) is 1.58. The number of hydrogen-bond acceptors (Lipinski definition) is 4. The van der Waals surface area contributed by atoms with Crippen LogP contribution in [0.15, 0.2) is 0 Å². The Balaban J connectivity index is 2.02. The van der Waals surface area contributed by atoms with Crippen LogP contribution in [0.5, 0.6) is 0 Å². The summed E-state index contributed by atoms with van der Waals surface area (Å²) in [6, 6.07) is 0.565. The molecule has 0 bridgehead atoms. The first-order valence-electron chi connectivity index (χ1n) is 9.25. The predicted molar refractivity (Wildman–Crippen MR) is 93.5 cm³/mol. The second kappa shape index (κ2) is 8.45. The lowest BCUT2D eigenvalue weighted by Gasteiger charge is -2.45. The summed E-state index contributed by atoms with van der Waals surface area (Å²) in [6.07, 6.45) is 1.93. The van der Waals surface area contributed by atoms with Gasteiger partial charge in [0, 0.05) is 32.2 Å². The highest BCUT2D eigenvalue weighted by Crippen LogP contribution is 2.34. The highest BCUT2D eigenvalue weighted by Gasteiger charge is 2.43. The molecule has 2 aliphatic rings. The Morgan fingerprint density at radius 3 is 2.22 bits per heavy atom. The Morgan fingerprint density at radius 1 is 1.09 bits per heavy atom. The number of amides is 1. The third kappa shape index (κ3) is 5.16. The topological polar surface area (TPSA) is 44.8 Å². The summed E-state index contributed by atoms with van der Waals surface area (Å²) in [4.78, 5) is 17.9. The molecule has 134 valence electrons. The van der Waals surface area contributed by atoms with Crippen molar-refractivity contribution < 1.29 is 9.53 Å². The van der Waals surface area contributed by atoms with Gasteiger partial charge >= 0.3 is 0 Å². The summed E-state index contributed by atoms with van der Waals surface area (Å²) >= 11 is 0. The highest BCUT2D eigenvalue weighted by atomic mass is 16.5. The normalized spacial score (nSPS) is 23.4. The molecule has 2 heterocycles. The molecule has 2 fully saturated rings. The number of nitrogens with zero attached hydrogens (tertiary/aromatic N) is 2. The molecule has 1 N–H and O–H groups in total. The minimum absolute atomic E-state index is 0.225. The van der Waals surface area contributed by atoms with E-state index in [-0.39, 0.29) is 11.3 Å². The maximum atomic E-state index is 13.0. The molecular formula is C18H35N3O2. The Kier molecular flexibility index (Phi) is 6.86. The molecule has 2 rings (SSSR count). The number of nitrogens with one attached hydrogen (secondary N) is 1. The molecule has 0 aromatic rings. The first kappa shape index (κ1) is 18.7. The molecule has 0 unspecified atom stereocenters. The molecule has 0 atom stereocenters. The van der Waals surface area contributed by atoms with E-state index in [0.29, 0.717) is 12.0 Å². The minimum Gasteiger partial charge on any atom is -0.379 e. The van der Waals surface area contributed by atoms with Crippen molar-refractivity contribution in [3.05, 3.63) is 0 Å². The van der Waals surface area contributed by atoms with E-state index in [9.17, 15) is 4.79 Å². The molecule has 23 heavy (non-hydrogen) atoms. The van der Waals surface area contributed by atoms with Crippen LogP contribution >= 0.6 is 0 Å². The Morgan fingerprint density at radius 2 is 1.70 bits per heavy atom. The Labute approximate surface area is 141 Å². The fourth-order valence-electron chi connectivity index (χ4n) is 3.60. The molecule has 1 amide bonds. The van der Waals surface area contributed by atoms with Gasteiger partial charge in [0.2, 0.25) is 5.91 Å². The number of carbonyl (C=O) groups is 1. The largest absolute Gasteiger partial charge is 0.379 e. The summed E-state index contributed by atoms with van der Waals surface area (Å²) in [5, 5.41) is 3.21. The summed E-state index contributed by atoms with van der Waals surface area (Å²) in [7, 11) is 0. The maximum Gasteiger partial charge on any atom is 0.227 e. The number of carbonyl (C=O) groups excluding carboxylic acids is 1. The molecular weight excluding hydrogens is 290 g/mol. The number of rotatable bonds is 6. The molecule has 0 saturated carbocycles. The van der Waals surface area contributed by atoms with Crippen LogP contribution in [0.1, 0.15) is 40.5 Å². The van der Waals surface area contributed by atoms with Crippen LogP contribution in [-0.4, -0.2) is 74.2 Å². The SMILES string of the molecule is CC(C)CNC(=O)C1(CN2CCOCC2)CCN(C(C)C)CC1.